The fourth-order valence-electron chi connectivity index (χ4n) is 4.81. The van der Waals surface area contributed by atoms with E-state index in [0.29, 0.717) is 28.4 Å². The maximum absolute atomic E-state index is 13.2. The number of carbonyl (C=O) groups excluding carboxylic acids is 2. The summed E-state index contributed by atoms with van der Waals surface area (Å²) in [4.78, 5) is 28.0. The molecule has 2 aromatic carbocycles. The number of likely N-dealkylation sites (tertiary alicyclic amines) is 1. The number of amides is 1. The second-order valence-corrected chi connectivity index (χ2v) is 7.95. The number of nitrogens with zero attached hydrogens (tertiary/aromatic N) is 1. The molecule has 160 valence electrons. The molecule has 2 heterocycles. The van der Waals surface area contributed by atoms with Gasteiger partial charge in [-0.3, -0.25) is 9.59 Å². The lowest BCUT2D eigenvalue weighted by Crippen LogP contribution is -2.37. The smallest absolute Gasteiger partial charge is 0.295 e. The van der Waals surface area contributed by atoms with Crippen molar-refractivity contribution in [2.45, 2.75) is 37.8 Å². The van der Waals surface area contributed by atoms with E-state index < -0.39 is 17.7 Å². The summed E-state index contributed by atoms with van der Waals surface area (Å²) in [5, 5.41) is 11.2. The lowest BCUT2D eigenvalue weighted by molar-refractivity contribution is -0.141. The number of fused-ring (bicyclic) bond motifs is 1. The number of benzene rings is 2. The van der Waals surface area contributed by atoms with Gasteiger partial charge in [0.1, 0.15) is 11.5 Å². The van der Waals surface area contributed by atoms with Gasteiger partial charge in [0.15, 0.2) is 11.5 Å². The minimum absolute atomic E-state index is 0.0478. The van der Waals surface area contributed by atoms with Crippen molar-refractivity contribution in [3.8, 4) is 17.2 Å². The monoisotopic (exact) mass is 421 g/mol. The number of aliphatic hydroxyl groups is 1. The van der Waals surface area contributed by atoms with E-state index in [4.69, 9.17) is 14.2 Å². The predicted octanol–water partition coefficient (Wildman–Crippen LogP) is 3.79. The predicted molar refractivity (Wildman–Crippen MR) is 112 cm³/mol. The zero-order chi connectivity index (χ0) is 21.5. The first-order valence-electron chi connectivity index (χ1n) is 10.4. The molecule has 1 atom stereocenters. The van der Waals surface area contributed by atoms with Crippen molar-refractivity contribution in [3.05, 3.63) is 59.2 Å². The molecule has 2 aromatic rings. The Kier molecular flexibility index (Phi) is 4.81. The van der Waals surface area contributed by atoms with E-state index in [-0.39, 0.29) is 24.2 Å². The molecule has 0 bridgehead atoms. The number of hydrogen-bond donors (Lipinski definition) is 1. The topological polar surface area (TPSA) is 85.3 Å². The van der Waals surface area contributed by atoms with Gasteiger partial charge in [-0.15, -0.1) is 0 Å². The lowest BCUT2D eigenvalue weighted by Gasteiger charge is -2.31. The third-order valence-electron chi connectivity index (χ3n) is 6.28. The normalized spacial score (nSPS) is 22.4. The van der Waals surface area contributed by atoms with Crippen LogP contribution in [0.3, 0.4) is 0 Å². The first kappa shape index (κ1) is 19.5. The molecule has 0 aromatic heterocycles. The standard InChI is InChI=1S/C24H23NO6/c1-29-17-9-5-4-8-16(17)21-20(23(27)24(28)25(21)15-6-2-3-7-15)22(26)14-10-11-18-19(12-14)31-13-30-18/h4-5,8-12,15,21,26H,2-3,6-7,13H2,1H3/b22-20+. The average molecular weight is 421 g/mol. The largest absolute Gasteiger partial charge is 0.507 e. The van der Waals surface area contributed by atoms with Gasteiger partial charge in [0.05, 0.1) is 18.7 Å². The second-order valence-electron chi connectivity index (χ2n) is 7.95. The molecular weight excluding hydrogens is 398 g/mol. The van der Waals surface area contributed by atoms with Crippen LogP contribution in [-0.4, -0.2) is 41.6 Å². The molecule has 1 saturated heterocycles. The number of aliphatic hydroxyl groups excluding tert-OH is 1. The maximum atomic E-state index is 13.2. The molecule has 1 unspecified atom stereocenters. The molecule has 1 N–H and O–H groups in total. The average Bonchev–Trinajstić information content (AvgIpc) is 3.53. The van der Waals surface area contributed by atoms with Crippen molar-refractivity contribution in [1.29, 1.82) is 0 Å². The third kappa shape index (κ3) is 3.12. The van der Waals surface area contributed by atoms with E-state index in [1.54, 1.807) is 36.3 Å². The molecule has 1 amide bonds. The van der Waals surface area contributed by atoms with Gasteiger partial charge in [-0.25, -0.2) is 0 Å². The quantitative estimate of drug-likeness (QED) is 0.459. The molecule has 0 spiro atoms. The highest BCUT2D eigenvalue weighted by Crippen LogP contribution is 2.46. The minimum atomic E-state index is -0.718. The summed E-state index contributed by atoms with van der Waals surface area (Å²) >= 11 is 0. The van der Waals surface area contributed by atoms with Crippen LogP contribution in [0.1, 0.15) is 42.9 Å². The molecular formula is C24H23NO6. The molecule has 1 aliphatic carbocycles. The Labute approximate surface area is 179 Å². The zero-order valence-electron chi connectivity index (χ0n) is 17.2. The van der Waals surface area contributed by atoms with Gasteiger partial charge in [0.2, 0.25) is 6.79 Å². The van der Waals surface area contributed by atoms with E-state index in [9.17, 15) is 14.7 Å². The van der Waals surface area contributed by atoms with E-state index >= 15 is 0 Å². The Morgan fingerprint density at radius 2 is 1.81 bits per heavy atom. The van der Waals surface area contributed by atoms with E-state index in [2.05, 4.69) is 0 Å². The molecule has 2 fully saturated rings. The van der Waals surface area contributed by atoms with Gasteiger partial charge in [-0.05, 0) is 37.1 Å². The van der Waals surface area contributed by atoms with Gasteiger partial charge in [-0.2, -0.15) is 0 Å². The Balaban J connectivity index is 1.69. The van der Waals surface area contributed by atoms with E-state index in [1.165, 1.54) is 0 Å². The van der Waals surface area contributed by atoms with Crippen LogP contribution in [0.5, 0.6) is 17.2 Å². The first-order chi connectivity index (χ1) is 15.1. The third-order valence-corrected chi connectivity index (χ3v) is 6.28. The lowest BCUT2D eigenvalue weighted by atomic mass is 9.94. The SMILES string of the molecule is COc1ccccc1C1/C(=C(\O)c2ccc3c(c2)OCO3)C(=O)C(=O)N1C1CCCC1. The summed E-state index contributed by atoms with van der Waals surface area (Å²) in [7, 11) is 1.55. The number of ketones is 1. The molecule has 5 rings (SSSR count). The van der Waals surface area contributed by atoms with Crippen LogP contribution in [0.15, 0.2) is 48.0 Å². The fourth-order valence-corrected chi connectivity index (χ4v) is 4.81. The van der Waals surface area contributed by atoms with Crippen LogP contribution in [0.2, 0.25) is 0 Å². The van der Waals surface area contributed by atoms with Crippen molar-refractivity contribution in [1.82, 2.24) is 4.90 Å². The fraction of sp³-hybridized carbons (Fsp3) is 0.333. The van der Waals surface area contributed by atoms with Gasteiger partial charge in [0.25, 0.3) is 11.7 Å². The van der Waals surface area contributed by atoms with Gasteiger partial charge >= 0.3 is 0 Å². The zero-order valence-corrected chi connectivity index (χ0v) is 17.2. The van der Waals surface area contributed by atoms with Crippen molar-refractivity contribution in [3.63, 3.8) is 0 Å². The van der Waals surface area contributed by atoms with Gasteiger partial charge in [0, 0.05) is 17.2 Å². The summed E-state index contributed by atoms with van der Waals surface area (Å²) in [6, 6.07) is 11.5. The number of hydrogen-bond acceptors (Lipinski definition) is 6. The molecule has 7 nitrogen and oxygen atoms in total. The van der Waals surface area contributed by atoms with Crippen LogP contribution in [0, 0.1) is 0 Å². The van der Waals surface area contributed by atoms with E-state index in [1.807, 2.05) is 18.2 Å². The summed E-state index contributed by atoms with van der Waals surface area (Å²) in [6.07, 6.45) is 3.69. The summed E-state index contributed by atoms with van der Waals surface area (Å²) in [6.45, 7) is 0.104. The van der Waals surface area contributed by atoms with Crippen molar-refractivity contribution in [2.24, 2.45) is 0 Å². The van der Waals surface area contributed by atoms with Crippen LogP contribution >= 0.6 is 0 Å². The second kappa shape index (κ2) is 7.65. The van der Waals surface area contributed by atoms with Crippen LogP contribution < -0.4 is 14.2 Å². The Bertz CT molecular complexity index is 1090. The minimum Gasteiger partial charge on any atom is -0.507 e. The number of ether oxygens (including phenoxy) is 3. The highest BCUT2D eigenvalue weighted by molar-refractivity contribution is 6.46. The number of carbonyl (C=O) groups is 2. The molecule has 0 radical (unpaired) electrons. The van der Waals surface area contributed by atoms with E-state index in [0.717, 1.165) is 25.7 Å². The Morgan fingerprint density at radius 1 is 1.06 bits per heavy atom. The van der Waals surface area contributed by atoms with Crippen molar-refractivity contribution >= 4 is 17.4 Å². The molecule has 2 aliphatic heterocycles. The maximum Gasteiger partial charge on any atom is 0.295 e. The summed E-state index contributed by atoms with van der Waals surface area (Å²) in [5.41, 5.74) is 1.15. The number of methoxy groups -OCH3 is 1. The Morgan fingerprint density at radius 3 is 2.58 bits per heavy atom. The number of para-hydroxylation sites is 1. The highest BCUT2D eigenvalue weighted by atomic mass is 16.7. The molecule has 3 aliphatic rings. The van der Waals surface area contributed by atoms with Crippen molar-refractivity contribution < 1.29 is 28.9 Å². The number of Topliss-reactive ketones (excluding diaryl/α,β-unsaturated/α-hetero) is 1. The Hall–Kier alpha value is -3.48. The summed E-state index contributed by atoms with van der Waals surface area (Å²) in [5.74, 6) is 0.136. The van der Waals surface area contributed by atoms with Gasteiger partial charge < -0.3 is 24.2 Å². The number of rotatable bonds is 4. The highest BCUT2D eigenvalue weighted by Gasteiger charge is 2.50. The molecule has 7 heteroatoms. The first-order valence-corrected chi connectivity index (χ1v) is 10.4. The van der Waals surface area contributed by atoms with Crippen LogP contribution in [-0.2, 0) is 9.59 Å². The molecule has 1 saturated carbocycles. The van der Waals surface area contributed by atoms with Crippen LogP contribution in [0.25, 0.3) is 5.76 Å². The molecule has 31 heavy (non-hydrogen) atoms. The van der Waals surface area contributed by atoms with Crippen molar-refractivity contribution in [2.75, 3.05) is 13.9 Å². The summed E-state index contributed by atoms with van der Waals surface area (Å²) < 4.78 is 16.3. The van der Waals surface area contributed by atoms with Crippen LogP contribution in [0.4, 0.5) is 0 Å². The van der Waals surface area contributed by atoms with Gasteiger partial charge in [-0.1, -0.05) is 31.0 Å².